The lowest BCUT2D eigenvalue weighted by molar-refractivity contribution is 0.615. The molecular weight excluding hydrogens is 385 g/mol. The fraction of sp³-hybridized carbons (Fsp3) is 0.238. The number of pyridine rings is 1. The van der Waals surface area contributed by atoms with Gasteiger partial charge < -0.3 is 4.57 Å². The third-order valence-electron chi connectivity index (χ3n) is 4.63. The normalized spacial score (nSPS) is 11.2. The Kier molecular flexibility index (Phi) is 5.42. The zero-order chi connectivity index (χ0) is 21.1. The molecule has 4 rings (SSSR count). The number of aromatic amines is 1. The van der Waals surface area contributed by atoms with Gasteiger partial charge in [0.25, 0.3) is 5.56 Å². The van der Waals surface area contributed by atoms with E-state index < -0.39 is 5.82 Å². The first-order valence-corrected chi connectivity index (χ1v) is 9.55. The second-order valence-electron chi connectivity index (χ2n) is 7.43. The summed E-state index contributed by atoms with van der Waals surface area (Å²) >= 11 is 0. The van der Waals surface area contributed by atoms with Gasteiger partial charge in [0.2, 0.25) is 5.82 Å². The zero-order valence-corrected chi connectivity index (χ0v) is 16.6. The monoisotopic (exact) mass is 405 g/mol. The Labute approximate surface area is 171 Å². The molecule has 0 radical (unpaired) electrons. The Bertz CT molecular complexity index is 1200. The van der Waals surface area contributed by atoms with Gasteiger partial charge in [-0.1, -0.05) is 19.9 Å². The van der Waals surface area contributed by atoms with Gasteiger partial charge in [-0.3, -0.25) is 4.79 Å². The smallest absolute Gasteiger partial charge is 0.251 e. The minimum Gasteiger partial charge on any atom is -0.309 e. The van der Waals surface area contributed by atoms with Crippen LogP contribution in [0.25, 0.3) is 22.5 Å². The summed E-state index contributed by atoms with van der Waals surface area (Å²) in [6.07, 6.45) is 3.95. The maximum absolute atomic E-state index is 15.1. The fourth-order valence-corrected chi connectivity index (χ4v) is 3.37. The van der Waals surface area contributed by atoms with Crippen LogP contribution < -0.4 is 5.56 Å². The van der Waals surface area contributed by atoms with Crippen molar-refractivity contribution in [1.82, 2.24) is 35.4 Å². The van der Waals surface area contributed by atoms with Gasteiger partial charge in [-0.05, 0) is 58.5 Å². The average Bonchev–Trinajstić information content (AvgIpc) is 3.23. The Balaban J connectivity index is 1.79. The highest BCUT2D eigenvalue weighted by Crippen LogP contribution is 2.33. The number of nitrogens with one attached hydrogen (secondary N) is 1. The topological polar surface area (TPSA) is 102 Å². The summed E-state index contributed by atoms with van der Waals surface area (Å²) in [6.45, 7) is 4.43. The van der Waals surface area contributed by atoms with Gasteiger partial charge in [-0.2, -0.15) is 15.4 Å². The van der Waals surface area contributed by atoms with Crippen LogP contribution in [0.5, 0.6) is 0 Å². The first-order chi connectivity index (χ1) is 14.5. The molecule has 1 N–H and O–H groups in total. The van der Waals surface area contributed by atoms with Crippen LogP contribution in [0.15, 0.2) is 53.6 Å². The number of H-pyrrole nitrogens is 1. The maximum atomic E-state index is 15.1. The molecular formula is C21H20FN7O. The van der Waals surface area contributed by atoms with Crippen molar-refractivity contribution in [1.29, 1.82) is 0 Å². The van der Waals surface area contributed by atoms with Crippen molar-refractivity contribution in [2.24, 2.45) is 5.92 Å². The van der Waals surface area contributed by atoms with E-state index in [0.717, 1.165) is 5.56 Å². The highest BCUT2D eigenvalue weighted by atomic mass is 19.1. The summed E-state index contributed by atoms with van der Waals surface area (Å²) in [5.74, 6) is 0.0453. The molecule has 152 valence electrons. The predicted octanol–water partition coefficient (Wildman–Crippen LogP) is 2.87. The molecule has 0 amide bonds. The SMILES string of the molecule is CC(C)Cc1cc(F)c(-c2nn[nH]n2)c(-c2ccn(Cc3cccnn3)c(=O)c2)c1. The summed E-state index contributed by atoms with van der Waals surface area (Å²) in [4.78, 5) is 12.7. The summed E-state index contributed by atoms with van der Waals surface area (Å²) in [6, 6.07) is 10.2. The summed E-state index contributed by atoms with van der Waals surface area (Å²) in [5, 5.41) is 21.6. The standard InChI is InChI=1S/C21H20FN7O/c1-13(2)8-14-9-17(20(18(22)10-14)21-25-27-28-26-21)15-5-7-29(19(30)11-15)12-16-4-3-6-23-24-16/h3-7,9-11,13H,8,12H2,1-2H3,(H,25,26,27,28). The highest BCUT2D eigenvalue weighted by molar-refractivity contribution is 5.81. The van der Waals surface area contributed by atoms with E-state index in [4.69, 9.17) is 0 Å². The Hall–Kier alpha value is -3.75. The molecule has 0 unspecified atom stereocenters. The van der Waals surface area contributed by atoms with Gasteiger partial charge in [0.1, 0.15) is 5.82 Å². The van der Waals surface area contributed by atoms with Crippen molar-refractivity contribution in [2.45, 2.75) is 26.8 Å². The van der Waals surface area contributed by atoms with E-state index in [-0.39, 0.29) is 16.9 Å². The molecule has 8 nitrogen and oxygen atoms in total. The minimum absolute atomic E-state index is 0.141. The lowest BCUT2D eigenvalue weighted by Crippen LogP contribution is -2.20. The number of hydrogen-bond acceptors (Lipinski definition) is 6. The van der Waals surface area contributed by atoms with Crippen molar-refractivity contribution in [3.05, 3.63) is 76.2 Å². The third kappa shape index (κ3) is 4.14. The number of aromatic nitrogens is 7. The van der Waals surface area contributed by atoms with Crippen LogP contribution in [-0.2, 0) is 13.0 Å². The maximum Gasteiger partial charge on any atom is 0.251 e. The summed E-state index contributed by atoms with van der Waals surface area (Å²) in [5.41, 5.74) is 2.63. The molecule has 0 aliphatic rings. The Morgan fingerprint density at radius 1 is 1.17 bits per heavy atom. The third-order valence-corrected chi connectivity index (χ3v) is 4.63. The van der Waals surface area contributed by atoms with Gasteiger partial charge in [0, 0.05) is 18.5 Å². The summed E-state index contributed by atoms with van der Waals surface area (Å²) in [7, 11) is 0. The molecule has 3 heterocycles. The van der Waals surface area contributed by atoms with Gasteiger partial charge >= 0.3 is 0 Å². The molecule has 3 aromatic heterocycles. The molecule has 4 aromatic rings. The number of halogens is 1. The Morgan fingerprint density at radius 2 is 2.03 bits per heavy atom. The fourth-order valence-electron chi connectivity index (χ4n) is 3.37. The van der Waals surface area contributed by atoms with Crippen LogP contribution in [0.2, 0.25) is 0 Å². The predicted molar refractivity (Wildman–Crippen MR) is 109 cm³/mol. The number of nitrogens with zero attached hydrogens (tertiary/aromatic N) is 6. The van der Waals surface area contributed by atoms with Gasteiger partial charge in [0.15, 0.2) is 0 Å². The van der Waals surface area contributed by atoms with Crippen molar-refractivity contribution in [2.75, 3.05) is 0 Å². The van der Waals surface area contributed by atoms with Crippen molar-refractivity contribution in [3.63, 3.8) is 0 Å². The minimum atomic E-state index is -0.451. The van der Waals surface area contributed by atoms with E-state index in [1.807, 2.05) is 6.07 Å². The highest BCUT2D eigenvalue weighted by Gasteiger charge is 2.19. The molecule has 0 aliphatic carbocycles. The number of tetrazole rings is 1. The van der Waals surface area contributed by atoms with E-state index in [1.54, 1.807) is 30.6 Å². The van der Waals surface area contributed by atoms with Crippen LogP contribution >= 0.6 is 0 Å². The zero-order valence-electron chi connectivity index (χ0n) is 16.6. The van der Waals surface area contributed by atoms with Gasteiger partial charge in [0.05, 0.1) is 17.8 Å². The molecule has 0 saturated carbocycles. The molecule has 0 spiro atoms. The van der Waals surface area contributed by atoms with E-state index in [2.05, 4.69) is 44.7 Å². The molecule has 1 aromatic carbocycles. The van der Waals surface area contributed by atoms with Crippen LogP contribution in [-0.4, -0.2) is 35.4 Å². The van der Waals surface area contributed by atoms with E-state index >= 15 is 4.39 Å². The lowest BCUT2D eigenvalue weighted by Gasteiger charge is -2.13. The van der Waals surface area contributed by atoms with E-state index in [0.29, 0.717) is 35.7 Å². The van der Waals surface area contributed by atoms with Crippen LogP contribution in [0.4, 0.5) is 4.39 Å². The average molecular weight is 405 g/mol. The van der Waals surface area contributed by atoms with Crippen LogP contribution in [0.1, 0.15) is 25.1 Å². The second kappa shape index (κ2) is 8.32. The van der Waals surface area contributed by atoms with E-state index in [1.165, 1.54) is 16.7 Å². The van der Waals surface area contributed by atoms with Gasteiger partial charge in [-0.15, -0.1) is 10.2 Å². The largest absolute Gasteiger partial charge is 0.309 e. The van der Waals surface area contributed by atoms with E-state index in [9.17, 15) is 4.79 Å². The van der Waals surface area contributed by atoms with Crippen LogP contribution in [0.3, 0.4) is 0 Å². The molecule has 30 heavy (non-hydrogen) atoms. The molecule has 0 aliphatic heterocycles. The molecule has 9 heteroatoms. The number of benzene rings is 1. The quantitative estimate of drug-likeness (QED) is 0.529. The van der Waals surface area contributed by atoms with Crippen molar-refractivity contribution < 1.29 is 4.39 Å². The summed E-state index contributed by atoms with van der Waals surface area (Å²) < 4.78 is 16.6. The first-order valence-electron chi connectivity index (χ1n) is 9.55. The first kappa shape index (κ1) is 19.6. The lowest BCUT2D eigenvalue weighted by atomic mass is 9.93. The number of hydrogen-bond donors (Lipinski definition) is 1. The van der Waals surface area contributed by atoms with Crippen molar-refractivity contribution >= 4 is 0 Å². The molecule has 0 bridgehead atoms. The van der Waals surface area contributed by atoms with Crippen molar-refractivity contribution in [3.8, 4) is 22.5 Å². The van der Waals surface area contributed by atoms with Crippen LogP contribution in [0, 0.1) is 11.7 Å². The Morgan fingerprint density at radius 3 is 2.70 bits per heavy atom. The molecule has 0 fully saturated rings. The second-order valence-corrected chi connectivity index (χ2v) is 7.43. The van der Waals surface area contributed by atoms with Gasteiger partial charge in [-0.25, -0.2) is 4.39 Å². The molecule has 0 atom stereocenters. The molecule has 0 saturated heterocycles. The number of rotatable bonds is 6.